The fraction of sp³-hybridized carbons (Fsp3) is 0.227. The maximum Gasteiger partial charge on any atom is 0.230 e. The monoisotopic (exact) mass is 407 g/mol. The van der Waals surface area contributed by atoms with Gasteiger partial charge in [0.25, 0.3) is 0 Å². The van der Waals surface area contributed by atoms with Crippen molar-refractivity contribution in [3.63, 3.8) is 0 Å². The topological polar surface area (TPSA) is 65.8 Å². The summed E-state index contributed by atoms with van der Waals surface area (Å²) in [4.78, 5) is 18.1. The van der Waals surface area contributed by atoms with E-state index in [-0.39, 0.29) is 12.3 Å². The van der Waals surface area contributed by atoms with Crippen molar-refractivity contribution >= 4 is 34.7 Å². The predicted octanol–water partition coefficient (Wildman–Crippen LogP) is 5.56. The van der Waals surface area contributed by atoms with Gasteiger partial charge in [0.1, 0.15) is 5.01 Å². The molecule has 0 aliphatic carbocycles. The summed E-state index contributed by atoms with van der Waals surface area (Å²) in [5, 5.41) is 14.5. The largest absolute Gasteiger partial charge is 0.325 e. The summed E-state index contributed by atoms with van der Waals surface area (Å²) in [6.45, 7) is 2.13. The van der Waals surface area contributed by atoms with Crippen LogP contribution in [0.15, 0.2) is 58.8 Å². The molecule has 28 heavy (non-hydrogen) atoms. The molecule has 3 aromatic rings. The number of carbonyl (C=O) groups is 1. The van der Waals surface area contributed by atoms with Crippen LogP contribution in [0.3, 0.4) is 0 Å². The number of nitriles is 1. The molecule has 0 saturated heterocycles. The predicted molar refractivity (Wildman–Crippen MR) is 117 cm³/mol. The Bertz CT molecular complexity index is 974. The Morgan fingerprint density at radius 2 is 2.00 bits per heavy atom. The van der Waals surface area contributed by atoms with Crippen LogP contribution in [-0.2, 0) is 17.6 Å². The van der Waals surface area contributed by atoms with Crippen LogP contribution in [-0.4, -0.2) is 16.6 Å². The number of thiazole rings is 1. The van der Waals surface area contributed by atoms with Crippen LogP contribution in [0.4, 0.5) is 5.69 Å². The first-order valence-electron chi connectivity index (χ1n) is 9.12. The molecule has 1 N–H and O–H groups in total. The van der Waals surface area contributed by atoms with E-state index < -0.39 is 0 Å². The molecule has 0 atom stereocenters. The zero-order valence-electron chi connectivity index (χ0n) is 15.6. The van der Waals surface area contributed by atoms with Crippen LogP contribution in [0, 0.1) is 11.3 Å². The van der Waals surface area contributed by atoms with Crippen LogP contribution < -0.4 is 5.32 Å². The Morgan fingerprint density at radius 3 is 2.75 bits per heavy atom. The van der Waals surface area contributed by atoms with E-state index in [0.29, 0.717) is 12.2 Å². The van der Waals surface area contributed by atoms with E-state index in [9.17, 15) is 4.79 Å². The van der Waals surface area contributed by atoms with Gasteiger partial charge in [0, 0.05) is 28.0 Å². The molecule has 0 fully saturated rings. The van der Waals surface area contributed by atoms with Crippen LogP contribution in [0.5, 0.6) is 0 Å². The van der Waals surface area contributed by atoms with Gasteiger partial charge in [-0.3, -0.25) is 4.79 Å². The molecule has 0 aliphatic heterocycles. The zero-order chi connectivity index (χ0) is 19.8. The second-order valence-corrected chi connectivity index (χ2v) is 8.17. The van der Waals surface area contributed by atoms with E-state index in [1.54, 1.807) is 23.1 Å². The molecule has 0 aliphatic rings. The number of benzene rings is 2. The number of carbonyl (C=O) groups excluding carboxylic acids is 1. The zero-order valence-corrected chi connectivity index (χ0v) is 17.3. The third kappa shape index (κ3) is 5.44. The Balaban J connectivity index is 1.63. The normalized spacial score (nSPS) is 10.4. The average Bonchev–Trinajstić information content (AvgIpc) is 3.18. The Labute approximate surface area is 173 Å². The number of rotatable bonds is 8. The first-order chi connectivity index (χ1) is 13.7. The summed E-state index contributed by atoms with van der Waals surface area (Å²) in [6.07, 6.45) is 1.73. The number of para-hydroxylation sites is 1. The molecule has 0 bridgehead atoms. The van der Waals surface area contributed by atoms with Gasteiger partial charge in [0.2, 0.25) is 5.91 Å². The van der Waals surface area contributed by atoms with E-state index >= 15 is 0 Å². The number of amides is 1. The SMILES string of the molecule is CCc1ccc(-c2nc(CC(=O)Nc3ccccc3SCCC#N)cs2)cc1. The molecular formula is C22H21N3OS2. The molecule has 1 amide bonds. The van der Waals surface area contributed by atoms with Crippen LogP contribution in [0.1, 0.15) is 24.6 Å². The third-order valence-electron chi connectivity index (χ3n) is 4.14. The van der Waals surface area contributed by atoms with Gasteiger partial charge in [-0.1, -0.05) is 43.3 Å². The summed E-state index contributed by atoms with van der Waals surface area (Å²) < 4.78 is 0. The van der Waals surface area contributed by atoms with Crippen molar-refractivity contribution < 1.29 is 4.79 Å². The molecule has 2 aromatic carbocycles. The van der Waals surface area contributed by atoms with E-state index in [1.165, 1.54) is 5.56 Å². The van der Waals surface area contributed by atoms with E-state index in [0.717, 1.165) is 33.3 Å². The van der Waals surface area contributed by atoms with Gasteiger partial charge in [-0.05, 0) is 24.1 Å². The molecule has 0 unspecified atom stereocenters. The first kappa shape index (κ1) is 20.1. The Hall–Kier alpha value is -2.62. The summed E-state index contributed by atoms with van der Waals surface area (Å²) in [5.74, 6) is 0.613. The van der Waals surface area contributed by atoms with E-state index in [1.807, 2.05) is 29.6 Å². The minimum absolute atomic E-state index is 0.0912. The number of anilines is 1. The summed E-state index contributed by atoms with van der Waals surface area (Å²) >= 11 is 3.13. The van der Waals surface area contributed by atoms with Gasteiger partial charge >= 0.3 is 0 Å². The van der Waals surface area contributed by atoms with Crippen LogP contribution >= 0.6 is 23.1 Å². The van der Waals surface area contributed by atoms with Crippen molar-refractivity contribution in [1.82, 2.24) is 4.98 Å². The molecule has 1 aromatic heterocycles. The van der Waals surface area contributed by atoms with Crippen molar-refractivity contribution in [1.29, 1.82) is 5.26 Å². The minimum atomic E-state index is -0.0912. The highest BCUT2D eigenvalue weighted by molar-refractivity contribution is 7.99. The van der Waals surface area contributed by atoms with Crippen molar-refractivity contribution in [3.05, 3.63) is 65.2 Å². The quantitative estimate of drug-likeness (QED) is 0.392. The molecule has 1 heterocycles. The van der Waals surface area contributed by atoms with Crippen molar-refractivity contribution in [3.8, 4) is 16.6 Å². The number of nitrogens with zero attached hydrogens (tertiary/aromatic N) is 2. The number of hydrogen-bond acceptors (Lipinski definition) is 5. The smallest absolute Gasteiger partial charge is 0.230 e. The lowest BCUT2D eigenvalue weighted by atomic mass is 10.1. The molecule has 6 heteroatoms. The Morgan fingerprint density at radius 1 is 1.21 bits per heavy atom. The molecule has 3 rings (SSSR count). The average molecular weight is 408 g/mol. The summed E-state index contributed by atoms with van der Waals surface area (Å²) in [7, 11) is 0. The highest BCUT2D eigenvalue weighted by atomic mass is 32.2. The third-order valence-corrected chi connectivity index (χ3v) is 6.15. The van der Waals surface area contributed by atoms with Crippen LogP contribution in [0.2, 0.25) is 0 Å². The lowest BCUT2D eigenvalue weighted by molar-refractivity contribution is -0.115. The number of hydrogen-bond donors (Lipinski definition) is 1. The van der Waals surface area contributed by atoms with E-state index in [2.05, 4.69) is 47.6 Å². The van der Waals surface area contributed by atoms with Crippen molar-refractivity contribution in [2.45, 2.75) is 31.1 Å². The summed E-state index contributed by atoms with van der Waals surface area (Å²) in [6, 6.07) is 18.2. The number of aromatic nitrogens is 1. The fourth-order valence-electron chi connectivity index (χ4n) is 2.67. The summed E-state index contributed by atoms with van der Waals surface area (Å²) in [5.41, 5.74) is 3.92. The van der Waals surface area contributed by atoms with Gasteiger partial charge in [-0.15, -0.1) is 23.1 Å². The van der Waals surface area contributed by atoms with Crippen LogP contribution in [0.25, 0.3) is 10.6 Å². The second kappa shape index (κ2) is 10.1. The fourth-order valence-corrected chi connectivity index (χ4v) is 4.35. The Kier molecular flexibility index (Phi) is 7.24. The molecule has 0 spiro atoms. The number of nitrogens with one attached hydrogen (secondary N) is 1. The lowest BCUT2D eigenvalue weighted by Crippen LogP contribution is -2.15. The molecule has 0 saturated carbocycles. The molecule has 142 valence electrons. The first-order valence-corrected chi connectivity index (χ1v) is 11.0. The molecule has 0 radical (unpaired) electrons. The maximum absolute atomic E-state index is 12.5. The second-order valence-electron chi connectivity index (χ2n) is 6.17. The molecular weight excluding hydrogens is 386 g/mol. The highest BCUT2D eigenvalue weighted by Gasteiger charge is 2.11. The highest BCUT2D eigenvalue weighted by Crippen LogP contribution is 2.28. The van der Waals surface area contributed by atoms with Crippen molar-refractivity contribution in [2.24, 2.45) is 0 Å². The van der Waals surface area contributed by atoms with E-state index in [4.69, 9.17) is 5.26 Å². The maximum atomic E-state index is 12.5. The van der Waals surface area contributed by atoms with Gasteiger partial charge in [-0.2, -0.15) is 5.26 Å². The standard InChI is InChI=1S/C22H21N3OS2/c1-2-16-8-10-17(11-9-16)22-24-18(15-28-22)14-21(26)25-19-6-3-4-7-20(19)27-13-5-12-23/h3-4,6-11,15H,2,5,13-14H2,1H3,(H,25,26). The van der Waals surface area contributed by atoms with Gasteiger partial charge in [-0.25, -0.2) is 4.98 Å². The minimum Gasteiger partial charge on any atom is -0.325 e. The molecule has 4 nitrogen and oxygen atoms in total. The number of thioether (sulfide) groups is 1. The van der Waals surface area contributed by atoms with Gasteiger partial charge in [0.05, 0.1) is 23.9 Å². The van der Waals surface area contributed by atoms with Crippen molar-refractivity contribution in [2.75, 3.05) is 11.1 Å². The number of aryl methyl sites for hydroxylation is 1. The lowest BCUT2D eigenvalue weighted by Gasteiger charge is -2.09. The van der Waals surface area contributed by atoms with Gasteiger partial charge in [0.15, 0.2) is 0 Å². The van der Waals surface area contributed by atoms with Gasteiger partial charge < -0.3 is 5.32 Å².